The van der Waals surface area contributed by atoms with Crippen molar-refractivity contribution in [2.45, 2.75) is 39.0 Å². The van der Waals surface area contributed by atoms with Gasteiger partial charge >= 0.3 is 0 Å². The van der Waals surface area contributed by atoms with E-state index in [0.29, 0.717) is 18.3 Å². The Balaban J connectivity index is 1.92. The van der Waals surface area contributed by atoms with Gasteiger partial charge in [0.05, 0.1) is 12.8 Å². The van der Waals surface area contributed by atoms with Gasteiger partial charge in [0.1, 0.15) is 11.2 Å². The smallest absolute Gasteiger partial charge is 0.162 e. The third kappa shape index (κ3) is 6.27. The van der Waals surface area contributed by atoms with Crippen molar-refractivity contribution in [2.75, 3.05) is 18.9 Å². The van der Waals surface area contributed by atoms with Crippen LogP contribution < -0.4 is 15.8 Å². The lowest BCUT2D eigenvalue weighted by Gasteiger charge is -2.12. The lowest BCUT2D eigenvalue weighted by Crippen LogP contribution is -2.10. The Labute approximate surface area is 138 Å². The number of unbranched alkanes of at least 4 members (excludes halogenated alkanes) is 1. The number of nitrogens with two attached hydrogens (primary N) is 1. The summed E-state index contributed by atoms with van der Waals surface area (Å²) in [5.41, 5.74) is 5.76. The lowest BCUT2D eigenvalue weighted by molar-refractivity contribution is 0.295. The Morgan fingerprint density at radius 3 is 3.00 bits per heavy atom. The van der Waals surface area contributed by atoms with Gasteiger partial charge in [-0.05, 0) is 43.7 Å². The first-order chi connectivity index (χ1) is 11.3. The quantitative estimate of drug-likeness (QED) is 0.745. The molecule has 1 aliphatic rings. The van der Waals surface area contributed by atoms with Crippen LogP contribution in [0, 0.1) is 5.92 Å². The lowest BCUT2D eigenvalue weighted by atomic mass is 9.96. The summed E-state index contributed by atoms with van der Waals surface area (Å²) in [6.07, 6.45) is 15.9. The number of ether oxygens (including phenoxy) is 1. The first-order valence-corrected chi connectivity index (χ1v) is 8.52. The van der Waals surface area contributed by atoms with E-state index < -0.39 is 0 Å². The molecular weight excluding hydrogens is 286 g/mol. The maximum Gasteiger partial charge on any atom is 0.162 e. The maximum atomic E-state index is 5.92. The van der Waals surface area contributed by atoms with E-state index in [9.17, 15) is 0 Å². The van der Waals surface area contributed by atoms with Crippen molar-refractivity contribution in [3.63, 3.8) is 0 Å². The fourth-order valence-electron chi connectivity index (χ4n) is 2.46. The number of nitrogen functional groups attached to an aromatic ring is 1. The molecule has 0 spiro atoms. The summed E-state index contributed by atoms with van der Waals surface area (Å²) in [7, 11) is 0. The van der Waals surface area contributed by atoms with Crippen LogP contribution in [0.3, 0.4) is 0 Å². The molecular formula is C19H27N3O. The van der Waals surface area contributed by atoms with Crippen molar-refractivity contribution in [1.29, 1.82) is 0 Å². The molecule has 1 aliphatic carbocycles. The Morgan fingerprint density at radius 2 is 2.22 bits per heavy atom. The summed E-state index contributed by atoms with van der Waals surface area (Å²) in [6, 6.07) is 3.67. The molecule has 0 amide bonds. The zero-order valence-electron chi connectivity index (χ0n) is 13.9. The predicted molar refractivity (Wildman–Crippen MR) is 95.1 cm³/mol. The number of aromatic nitrogens is 1. The molecule has 0 aliphatic heterocycles. The fourth-order valence-corrected chi connectivity index (χ4v) is 2.46. The van der Waals surface area contributed by atoms with E-state index in [0.717, 1.165) is 49.8 Å². The standard InChI is InChI=1S/C19H27N3O/c1-2-3-13-21-17-11-12-19(20)22-15-18(17)23-14-7-10-16-8-5-4-6-9-16/h4-6,8,11-12,15-16H,2-3,7,9-10,13-14H2,1H3,(H2,20,22). The number of allylic oxidation sites excluding steroid dienone is 4. The van der Waals surface area contributed by atoms with Gasteiger partial charge in [0.25, 0.3) is 0 Å². The minimum atomic E-state index is 0.478. The molecule has 124 valence electrons. The average Bonchev–Trinajstić information content (AvgIpc) is 2.75. The molecule has 23 heavy (non-hydrogen) atoms. The number of rotatable bonds is 8. The van der Waals surface area contributed by atoms with Crippen molar-refractivity contribution in [3.05, 3.63) is 48.0 Å². The van der Waals surface area contributed by atoms with Crippen molar-refractivity contribution in [2.24, 2.45) is 10.9 Å². The van der Waals surface area contributed by atoms with E-state index in [1.54, 1.807) is 12.3 Å². The van der Waals surface area contributed by atoms with E-state index in [-0.39, 0.29) is 0 Å². The van der Waals surface area contributed by atoms with Crippen LogP contribution in [-0.4, -0.2) is 18.1 Å². The molecule has 0 saturated carbocycles. The first-order valence-electron chi connectivity index (χ1n) is 8.52. The van der Waals surface area contributed by atoms with Crippen molar-refractivity contribution in [3.8, 4) is 5.75 Å². The van der Waals surface area contributed by atoms with Crippen LogP contribution in [0.2, 0.25) is 0 Å². The van der Waals surface area contributed by atoms with Crippen LogP contribution in [0.15, 0.2) is 47.6 Å². The van der Waals surface area contributed by atoms with Crippen LogP contribution >= 0.6 is 0 Å². The predicted octanol–water partition coefficient (Wildman–Crippen LogP) is 3.66. The summed E-state index contributed by atoms with van der Waals surface area (Å²) < 4.78 is 5.92. The molecule has 2 N–H and O–H groups in total. The minimum absolute atomic E-state index is 0.478. The highest BCUT2D eigenvalue weighted by atomic mass is 16.5. The molecule has 0 fully saturated rings. The van der Waals surface area contributed by atoms with E-state index >= 15 is 0 Å². The topological polar surface area (TPSA) is 60.5 Å². The van der Waals surface area contributed by atoms with Crippen LogP contribution in [-0.2, 0) is 0 Å². The van der Waals surface area contributed by atoms with Crippen LogP contribution in [0.5, 0.6) is 5.75 Å². The molecule has 1 aromatic rings. The second kappa shape index (κ2) is 9.82. The monoisotopic (exact) mass is 313 g/mol. The third-order valence-corrected chi connectivity index (χ3v) is 3.84. The molecule has 1 unspecified atom stereocenters. The second-order valence-corrected chi connectivity index (χ2v) is 5.80. The molecule has 2 rings (SSSR count). The third-order valence-electron chi connectivity index (χ3n) is 3.84. The van der Waals surface area contributed by atoms with Crippen LogP contribution in [0.4, 0.5) is 5.82 Å². The maximum absolute atomic E-state index is 5.92. The number of nitrogens with zero attached hydrogens (tertiary/aromatic N) is 2. The van der Waals surface area contributed by atoms with E-state index in [1.165, 1.54) is 0 Å². The van der Waals surface area contributed by atoms with Gasteiger partial charge in [-0.3, -0.25) is 4.99 Å². The summed E-state index contributed by atoms with van der Waals surface area (Å²) in [4.78, 5) is 8.78. The average molecular weight is 313 g/mol. The van der Waals surface area contributed by atoms with Gasteiger partial charge in [0.2, 0.25) is 0 Å². The van der Waals surface area contributed by atoms with Gasteiger partial charge in [0.15, 0.2) is 5.75 Å². The highest BCUT2D eigenvalue weighted by Gasteiger charge is 2.05. The van der Waals surface area contributed by atoms with Gasteiger partial charge in [0, 0.05) is 6.54 Å². The normalized spacial score (nSPS) is 17.4. The second-order valence-electron chi connectivity index (χ2n) is 5.80. The summed E-state index contributed by atoms with van der Waals surface area (Å²) >= 11 is 0. The van der Waals surface area contributed by atoms with Gasteiger partial charge in [-0.1, -0.05) is 37.6 Å². The molecule has 1 atom stereocenters. The highest BCUT2D eigenvalue weighted by molar-refractivity contribution is 5.29. The minimum Gasteiger partial charge on any atom is -0.490 e. The van der Waals surface area contributed by atoms with Gasteiger partial charge in [-0.15, -0.1) is 0 Å². The number of hydrogen-bond acceptors (Lipinski definition) is 4. The Bertz CT molecular complexity index is 608. The van der Waals surface area contributed by atoms with Crippen LogP contribution in [0.1, 0.15) is 39.0 Å². The fraction of sp³-hybridized carbons (Fsp3) is 0.474. The Hall–Kier alpha value is -2.10. The Kier molecular flexibility index (Phi) is 7.37. The van der Waals surface area contributed by atoms with E-state index in [4.69, 9.17) is 10.5 Å². The molecule has 1 aromatic heterocycles. The summed E-state index contributed by atoms with van der Waals surface area (Å²) in [6.45, 7) is 3.64. The molecule has 4 nitrogen and oxygen atoms in total. The number of anilines is 1. The molecule has 0 radical (unpaired) electrons. The van der Waals surface area contributed by atoms with Gasteiger partial charge in [-0.25, -0.2) is 4.98 Å². The summed E-state index contributed by atoms with van der Waals surface area (Å²) in [5.74, 6) is 1.83. The molecule has 4 heteroatoms. The highest BCUT2D eigenvalue weighted by Crippen LogP contribution is 2.17. The first kappa shape index (κ1) is 17.3. The zero-order valence-corrected chi connectivity index (χ0v) is 13.9. The van der Waals surface area contributed by atoms with E-state index in [1.807, 2.05) is 6.07 Å². The number of hydrogen-bond donors (Lipinski definition) is 1. The summed E-state index contributed by atoms with van der Waals surface area (Å²) in [5, 5.41) is 0.836. The Morgan fingerprint density at radius 1 is 1.30 bits per heavy atom. The SMILES string of the molecule is CCCCN=c1ccc(N)ncc1OCCCC1C=CC=CC1. The van der Waals surface area contributed by atoms with Crippen molar-refractivity contribution >= 4 is 5.82 Å². The molecule has 0 aromatic carbocycles. The van der Waals surface area contributed by atoms with E-state index in [2.05, 4.69) is 41.2 Å². The molecule has 1 heterocycles. The molecule has 0 bridgehead atoms. The van der Waals surface area contributed by atoms with Gasteiger partial charge in [-0.2, -0.15) is 0 Å². The van der Waals surface area contributed by atoms with Crippen LogP contribution in [0.25, 0.3) is 0 Å². The zero-order chi connectivity index (χ0) is 16.3. The molecule has 0 saturated heterocycles. The van der Waals surface area contributed by atoms with Crippen molar-refractivity contribution < 1.29 is 4.74 Å². The van der Waals surface area contributed by atoms with Gasteiger partial charge < -0.3 is 10.5 Å². The van der Waals surface area contributed by atoms with Crippen molar-refractivity contribution in [1.82, 2.24) is 4.98 Å². The largest absolute Gasteiger partial charge is 0.490 e.